The van der Waals surface area contributed by atoms with Gasteiger partial charge in [-0.3, -0.25) is 4.90 Å². The Bertz CT molecular complexity index is 652. The molecule has 0 aliphatic heterocycles. The van der Waals surface area contributed by atoms with E-state index >= 15 is 0 Å². The molecule has 2 aliphatic rings. The van der Waals surface area contributed by atoms with Crippen molar-refractivity contribution in [3.05, 3.63) is 71.8 Å². The van der Waals surface area contributed by atoms with E-state index < -0.39 is 0 Å². The Balaban J connectivity index is 1.33. The zero-order valence-electron chi connectivity index (χ0n) is 16.7. The number of hydrogen-bond donors (Lipinski definition) is 1. The molecule has 4 rings (SSSR count). The van der Waals surface area contributed by atoms with Gasteiger partial charge in [-0.25, -0.2) is 0 Å². The van der Waals surface area contributed by atoms with Crippen LogP contribution in [0.15, 0.2) is 60.7 Å². The molecule has 0 aromatic heterocycles. The number of aliphatic hydroxyl groups is 1. The van der Waals surface area contributed by atoms with Gasteiger partial charge in [0, 0.05) is 19.1 Å². The summed E-state index contributed by atoms with van der Waals surface area (Å²) < 4.78 is 6.04. The molecule has 2 aromatic carbocycles. The molecule has 1 unspecified atom stereocenters. The fourth-order valence-electron chi connectivity index (χ4n) is 4.38. The van der Waals surface area contributed by atoms with Crippen molar-refractivity contribution in [1.29, 1.82) is 0 Å². The number of aliphatic hydroxyl groups excluding tert-OH is 1. The standard InChI is InChI=1S/C25H33NO2/c27-25(22-11-12-22)19-28-24-15-13-23(14-16-24)26(17-20-7-3-1-4-8-20)18-21-9-5-2-6-10-21/h1-10,22-25,27H,11-19H2/t23-,24-,25?. The van der Waals surface area contributed by atoms with E-state index in [4.69, 9.17) is 4.74 Å². The lowest BCUT2D eigenvalue weighted by Crippen LogP contribution is -2.39. The number of hydrogen-bond acceptors (Lipinski definition) is 3. The zero-order valence-corrected chi connectivity index (χ0v) is 16.7. The van der Waals surface area contributed by atoms with Crippen LogP contribution in [0.5, 0.6) is 0 Å². The van der Waals surface area contributed by atoms with Gasteiger partial charge in [0.1, 0.15) is 0 Å². The first-order valence-corrected chi connectivity index (χ1v) is 10.9. The lowest BCUT2D eigenvalue weighted by atomic mass is 9.91. The van der Waals surface area contributed by atoms with E-state index in [1.807, 2.05) is 0 Å². The summed E-state index contributed by atoms with van der Waals surface area (Å²) in [5.41, 5.74) is 2.76. The van der Waals surface area contributed by atoms with Crippen molar-refractivity contribution in [1.82, 2.24) is 4.90 Å². The molecular weight excluding hydrogens is 346 g/mol. The molecule has 2 saturated carbocycles. The Morgan fingerprint density at radius 2 is 1.32 bits per heavy atom. The van der Waals surface area contributed by atoms with Crippen LogP contribution in [-0.4, -0.2) is 34.9 Å². The number of rotatable bonds is 9. The van der Waals surface area contributed by atoms with Crippen molar-refractivity contribution in [3.8, 4) is 0 Å². The summed E-state index contributed by atoms with van der Waals surface area (Å²) in [6.45, 7) is 2.51. The predicted octanol–water partition coefficient (Wildman–Crippen LogP) is 4.79. The second-order valence-electron chi connectivity index (χ2n) is 8.54. The third-order valence-electron chi connectivity index (χ3n) is 6.29. The maximum Gasteiger partial charge on any atom is 0.0801 e. The van der Waals surface area contributed by atoms with Crippen molar-refractivity contribution in [2.24, 2.45) is 5.92 Å². The van der Waals surface area contributed by atoms with Gasteiger partial charge in [-0.15, -0.1) is 0 Å². The Labute approximate surface area is 169 Å². The number of benzene rings is 2. The summed E-state index contributed by atoms with van der Waals surface area (Å²) in [5, 5.41) is 10.1. The largest absolute Gasteiger partial charge is 0.390 e. The normalized spacial score (nSPS) is 23.6. The Morgan fingerprint density at radius 1 is 0.786 bits per heavy atom. The van der Waals surface area contributed by atoms with Crippen LogP contribution in [0.4, 0.5) is 0 Å². The molecule has 150 valence electrons. The van der Waals surface area contributed by atoms with E-state index in [2.05, 4.69) is 65.6 Å². The fourth-order valence-corrected chi connectivity index (χ4v) is 4.38. The van der Waals surface area contributed by atoms with Gasteiger partial charge in [0.2, 0.25) is 0 Å². The van der Waals surface area contributed by atoms with Gasteiger partial charge in [-0.2, -0.15) is 0 Å². The highest BCUT2D eigenvalue weighted by atomic mass is 16.5. The predicted molar refractivity (Wildman–Crippen MR) is 113 cm³/mol. The first-order chi connectivity index (χ1) is 13.8. The van der Waals surface area contributed by atoms with Gasteiger partial charge in [0.05, 0.1) is 18.8 Å². The van der Waals surface area contributed by atoms with E-state index in [9.17, 15) is 5.11 Å². The van der Waals surface area contributed by atoms with Crippen LogP contribution < -0.4 is 0 Å². The minimum atomic E-state index is -0.245. The monoisotopic (exact) mass is 379 g/mol. The van der Waals surface area contributed by atoms with Crippen LogP contribution in [0.1, 0.15) is 49.7 Å². The molecule has 0 spiro atoms. The fraction of sp³-hybridized carbons (Fsp3) is 0.520. The highest BCUT2D eigenvalue weighted by Crippen LogP contribution is 2.33. The van der Waals surface area contributed by atoms with Crippen molar-refractivity contribution in [2.45, 2.75) is 69.9 Å². The molecule has 3 heteroatoms. The van der Waals surface area contributed by atoms with Crippen LogP contribution in [0.25, 0.3) is 0 Å². The molecule has 1 atom stereocenters. The van der Waals surface area contributed by atoms with E-state index in [0.29, 0.717) is 24.7 Å². The third kappa shape index (κ3) is 5.66. The van der Waals surface area contributed by atoms with Gasteiger partial charge in [-0.1, -0.05) is 60.7 Å². The molecule has 0 bridgehead atoms. The SMILES string of the molecule is OC(CO[C@H]1CC[C@H](N(Cc2ccccc2)Cc2ccccc2)CC1)C1CC1. The molecule has 2 aliphatic carbocycles. The average molecular weight is 380 g/mol. The Hall–Kier alpha value is -1.68. The van der Waals surface area contributed by atoms with E-state index in [1.54, 1.807) is 0 Å². The van der Waals surface area contributed by atoms with Crippen LogP contribution in [-0.2, 0) is 17.8 Å². The topological polar surface area (TPSA) is 32.7 Å². The molecule has 0 heterocycles. The molecule has 3 nitrogen and oxygen atoms in total. The van der Waals surface area contributed by atoms with Gasteiger partial charge >= 0.3 is 0 Å². The van der Waals surface area contributed by atoms with Gasteiger partial charge < -0.3 is 9.84 Å². The summed E-state index contributed by atoms with van der Waals surface area (Å²) in [4.78, 5) is 2.64. The van der Waals surface area contributed by atoms with Crippen LogP contribution >= 0.6 is 0 Å². The molecule has 0 radical (unpaired) electrons. The van der Waals surface area contributed by atoms with Crippen LogP contribution in [0.3, 0.4) is 0 Å². The maximum atomic E-state index is 10.1. The first kappa shape index (κ1) is 19.6. The van der Waals surface area contributed by atoms with Crippen molar-refractivity contribution >= 4 is 0 Å². The number of ether oxygens (including phenoxy) is 1. The minimum absolute atomic E-state index is 0.245. The van der Waals surface area contributed by atoms with Crippen LogP contribution in [0.2, 0.25) is 0 Å². The van der Waals surface area contributed by atoms with Crippen molar-refractivity contribution < 1.29 is 9.84 Å². The highest BCUT2D eigenvalue weighted by molar-refractivity contribution is 5.17. The first-order valence-electron chi connectivity index (χ1n) is 10.9. The van der Waals surface area contributed by atoms with Crippen molar-refractivity contribution in [2.75, 3.05) is 6.61 Å². The Kier molecular flexibility index (Phi) is 6.79. The summed E-state index contributed by atoms with van der Waals surface area (Å²) in [6, 6.07) is 22.2. The summed E-state index contributed by atoms with van der Waals surface area (Å²) in [6.07, 6.45) is 6.96. The van der Waals surface area contributed by atoms with Crippen LogP contribution in [0, 0.1) is 5.92 Å². The summed E-state index contributed by atoms with van der Waals surface area (Å²) >= 11 is 0. The minimum Gasteiger partial charge on any atom is -0.390 e. The molecule has 28 heavy (non-hydrogen) atoms. The summed E-state index contributed by atoms with van der Waals surface area (Å²) in [5.74, 6) is 0.503. The second kappa shape index (κ2) is 9.69. The molecule has 1 N–H and O–H groups in total. The second-order valence-corrected chi connectivity index (χ2v) is 8.54. The molecule has 2 aromatic rings. The smallest absolute Gasteiger partial charge is 0.0801 e. The number of nitrogens with zero attached hydrogens (tertiary/aromatic N) is 1. The molecule has 0 amide bonds. The lowest BCUT2D eigenvalue weighted by molar-refractivity contribution is -0.0409. The van der Waals surface area contributed by atoms with Crippen molar-refractivity contribution in [3.63, 3.8) is 0 Å². The average Bonchev–Trinajstić information content (AvgIpc) is 3.59. The lowest BCUT2D eigenvalue weighted by Gasteiger charge is -2.37. The van der Waals surface area contributed by atoms with Gasteiger partial charge in [-0.05, 0) is 55.6 Å². The summed E-state index contributed by atoms with van der Waals surface area (Å²) in [7, 11) is 0. The van der Waals surface area contributed by atoms with Gasteiger partial charge in [0.25, 0.3) is 0 Å². The maximum absolute atomic E-state index is 10.1. The third-order valence-corrected chi connectivity index (χ3v) is 6.29. The zero-order chi connectivity index (χ0) is 19.2. The Morgan fingerprint density at radius 3 is 1.82 bits per heavy atom. The quantitative estimate of drug-likeness (QED) is 0.680. The molecular formula is C25H33NO2. The van der Waals surface area contributed by atoms with E-state index in [1.165, 1.54) is 36.8 Å². The van der Waals surface area contributed by atoms with Gasteiger partial charge in [0.15, 0.2) is 0 Å². The molecule has 0 saturated heterocycles. The van der Waals surface area contributed by atoms with E-state index in [0.717, 1.165) is 25.9 Å². The highest BCUT2D eigenvalue weighted by Gasteiger charge is 2.31. The van der Waals surface area contributed by atoms with E-state index in [-0.39, 0.29) is 6.10 Å². The molecule has 2 fully saturated rings.